The Morgan fingerprint density at radius 1 is 0.500 bits per heavy atom. The fourth-order valence-electron chi connectivity index (χ4n) is 6.08. The van der Waals surface area contributed by atoms with Crippen molar-refractivity contribution in [3.63, 3.8) is 0 Å². The van der Waals surface area contributed by atoms with Gasteiger partial charge >= 0.3 is 11.9 Å². The van der Waals surface area contributed by atoms with E-state index in [-0.39, 0.29) is 37.0 Å². The van der Waals surface area contributed by atoms with E-state index >= 15 is 0 Å². The highest BCUT2D eigenvalue weighted by Gasteiger charge is 2.32. The Balaban J connectivity index is 5.27. The van der Waals surface area contributed by atoms with Gasteiger partial charge in [0.15, 0.2) is 0 Å². The molecule has 0 aliphatic rings. The highest BCUT2D eigenvalue weighted by molar-refractivity contribution is 5.95. The molecule has 0 bridgehead atoms. The van der Waals surface area contributed by atoms with Gasteiger partial charge in [-0.3, -0.25) is 24.0 Å². The van der Waals surface area contributed by atoms with Gasteiger partial charge < -0.3 is 37.2 Å². The summed E-state index contributed by atoms with van der Waals surface area (Å²) in [5, 5.41) is 29.2. The van der Waals surface area contributed by atoms with Crippen molar-refractivity contribution in [1.82, 2.24) is 21.3 Å². The zero-order valence-electron chi connectivity index (χ0n) is 32.9. The van der Waals surface area contributed by atoms with E-state index in [9.17, 15) is 33.9 Å². The molecule has 0 aromatic carbocycles. The van der Waals surface area contributed by atoms with Crippen molar-refractivity contribution < 1.29 is 39.0 Å². The Kier molecular flexibility index (Phi) is 28.4. The summed E-state index contributed by atoms with van der Waals surface area (Å²) in [4.78, 5) is 75.9. The zero-order chi connectivity index (χ0) is 39.3. The molecule has 0 rings (SSSR count). The van der Waals surface area contributed by atoms with Gasteiger partial charge in [-0.05, 0) is 63.3 Å². The van der Waals surface area contributed by atoms with Crippen LogP contribution in [0, 0.1) is 11.8 Å². The van der Waals surface area contributed by atoms with Crippen molar-refractivity contribution in [3.05, 3.63) is 0 Å². The van der Waals surface area contributed by atoms with E-state index in [1.165, 1.54) is 57.8 Å². The highest BCUT2D eigenvalue weighted by atomic mass is 16.4. The standard InChI is InChI=1S/C39H73N5O8/c1-6-7-8-9-10-11-12-13-14-15-16-17-18-22-34(45)41-32(26-28(2)3)37(49)42-30(21-19-20-25-40)36(48)44-33(27-29(4)5)38(50)43-31(39(51)52)23-24-35(46)47/h28-33H,6-27,40H2,1-5H3,(H,41,45)(H,42,49)(H,43,50)(H,44,48)(H,46,47)(H,51,52)/t30-,31-,32-,33-/m0/s1. The Hall–Kier alpha value is -3.22. The molecule has 0 fully saturated rings. The van der Waals surface area contributed by atoms with Crippen molar-refractivity contribution in [2.45, 2.75) is 194 Å². The van der Waals surface area contributed by atoms with Crippen LogP contribution >= 0.6 is 0 Å². The van der Waals surface area contributed by atoms with Crippen molar-refractivity contribution in [2.75, 3.05) is 6.54 Å². The molecular weight excluding hydrogens is 666 g/mol. The van der Waals surface area contributed by atoms with Gasteiger partial charge in [0.25, 0.3) is 0 Å². The number of aliphatic carboxylic acids is 2. The van der Waals surface area contributed by atoms with E-state index in [2.05, 4.69) is 28.2 Å². The molecule has 302 valence electrons. The first-order chi connectivity index (χ1) is 24.7. The maximum atomic E-state index is 13.6. The average Bonchev–Trinajstić information content (AvgIpc) is 3.06. The number of carbonyl (C=O) groups is 6. The van der Waals surface area contributed by atoms with Crippen molar-refractivity contribution in [3.8, 4) is 0 Å². The van der Waals surface area contributed by atoms with E-state index in [1.54, 1.807) is 0 Å². The predicted octanol–water partition coefficient (Wildman–Crippen LogP) is 5.58. The topological polar surface area (TPSA) is 217 Å². The van der Waals surface area contributed by atoms with Gasteiger partial charge in [0.05, 0.1) is 0 Å². The van der Waals surface area contributed by atoms with E-state index in [4.69, 9.17) is 10.8 Å². The van der Waals surface area contributed by atoms with Crippen LogP contribution in [0.4, 0.5) is 0 Å². The van der Waals surface area contributed by atoms with Gasteiger partial charge in [0.1, 0.15) is 24.2 Å². The number of nitrogens with two attached hydrogens (primary N) is 1. The summed E-state index contributed by atoms with van der Waals surface area (Å²) in [5.41, 5.74) is 5.67. The minimum absolute atomic E-state index is 0.0656. The second kappa shape index (κ2) is 30.3. The molecule has 4 atom stereocenters. The van der Waals surface area contributed by atoms with E-state index in [1.807, 2.05) is 27.7 Å². The summed E-state index contributed by atoms with van der Waals surface area (Å²) in [7, 11) is 0. The molecule has 0 aromatic heterocycles. The molecule has 0 aliphatic heterocycles. The smallest absolute Gasteiger partial charge is 0.326 e. The molecular formula is C39H73N5O8. The Morgan fingerprint density at radius 2 is 0.923 bits per heavy atom. The number of unbranched alkanes of at least 4 members (excludes halogenated alkanes) is 13. The number of amides is 4. The molecule has 13 heteroatoms. The molecule has 0 spiro atoms. The molecule has 4 amide bonds. The Morgan fingerprint density at radius 3 is 1.37 bits per heavy atom. The van der Waals surface area contributed by atoms with Crippen LogP contribution in [-0.2, 0) is 28.8 Å². The number of carbonyl (C=O) groups excluding carboxylic acids is 4. The quantitative estimate of drug-likeness (QED) is 0.0418. The third kappa shape index (κ3) is 25.7. The van der Waals surface area contributed by atoms with Crippen LogP contribution in [0.15, 0.2) is 0 Å². The molecule has 0 aromatic rings. The number of rotatable bonds is 33. The van der Waals surface area contributed by atoms with Gasteiger partial charge in [-0.2, -0.15) is 0 Å². The molecule has 0 heterocycles. The van der Waals surface area contributed by atoms with Crippen LogP contribution in [-0.4, -0.2) is 76.5 Å². The first-order valence-electron chi connectivity index (χ1n) is 20.1. The summed E-state index contributed by atoms with van der Waals surface area (Å²) in [6.45, 7) is 10.2. The normalized spacial score (nSPS) is 13.6. The van der Waals surface area contributed by atoms with Gasteiger partial charge in [0, 0.05) is 12.8 Å². The summed E-state index contributed by atoms with van der Waals surface area (Å²) in [6, 6.07) is -4.45. The largest absolute Gasteiger partial charge is 0.481 e. The molecule has 8 N–H and O–H groups in total. The van der Waals surface area contributed by atoms with Crippen molar-refractivity contribution in [1.29, 1.82) is 0 Å². The van der Waals surface area contributed by atoms with Crippen LogP contribution in [0.2, 0.25) is 0 Å². The first-order valence-corrected chi connectivity index (χ1v) is 20.1. The summed E-state index contributed by atoms with van der Waals surface area (Å²) < 4.78 is 0. The maximum absolute atomic E-state index is 13.6. The minimum atomic E-state index is -1.45. The lowest BCUT2D eigenvalue weighted by Gasteiger charge is -2.27. The average molecular weight is 740 g/mol. The number of hydrogen-bond donors (Lipinski definition) is 7. The van der Waals surface area contributed by atoms with Gasteiger partial charge in [-0.25, -0.2) is 4.79 Å². The van der Waals surface area contributed by atoms with Crippen LogP contribution < -0.4 is 27.0 Å². The molecule has 52 heavy (non-hydrogen) atoms. The van der Waals surface area contributed by atoms with Crippen LogP contribution in [0.5, 0.6) is 0 Å². The summed E-state index contributed by atoms with van der Waals surface area (Å²) >= 11 is 0. The molecule has 0 saturated carbocycles. The number of carboxylic acids is 2. The number of nitrogens with one attached hydrogen (secondary N) is 4. The first kappa shape index (κ1) is 48.8. The SMILES string of the molecule is CCCCCCCCCCCCCCCC(=O)N[C@@H](CC(C)C)C(=O)N[C@@H](CCCCN)C(=O)N[C@@H](CC(C)C)C(=O)N[C@@H](CCC(=O)O)C(=O)O. The zero-order valence-corrected chi connectivity index (χ0v) is 32.9. The Bertz CT molecular complexity index is 1040. The van der Waals surface area contributed by atoms with Crippen LogP contribution in [0.1, 0.15) is 169 Å². The minimum Gasteiger partial charge on any atom is -0.481 e. The summed E-state index contributed by atoms with van der Waals surface area (Å²) in [6.07, 6.45) is 17.1. The molecule has 0 unspecified atom stereocenters. The lowest BCUT2D eigenvalue weighted by molar-refractivity contribution is -0.143. The maximum Gasteiger partial charge on any atom is 0.326 e. The predicted molar refractivity (Wildman–Crippen MR) is 204 cm³/mol. The van der Waals surface area contributed by atoms with Gasteiger partial charge in [-0.15, -0.1) is 0 Å². The van der Waals surface area contributed by atoms with E-state index in [0.717, 1.165) is 25.7 Å². The highest BCUT2D eigenvalue weighted by Crippen LogP contribution is 2.14. The fourth-order valence-corrected chi connectivity index (χ4v) is 6.08. The monoisotopic (exact) mass is 740 g/mol. The number of hydrogen-bond acceptors (Lipinski definition) is 7. The van der Waals surface area contributed by atoms with Crippen molar-refractivity contribution in [2.24, 2.45) is 17.6 Å². The van der Waals surface area contributed by atoms with E-state index < -0.39 is 60.2 Å². The van der Waals surface area contributed by atoms with Crippen LogP contribution in [0.3, 0.4) is 0 Å². The molecule has 0 radical (unpaired) electrons. The second-order valence-corrected chi connectivity index (χ2v) is 15.1. The second-order valence-electron chi connectivity index (χ2n) is 15.1. The lowest BCUT2D eigenvalue weighted by Crippen LogP contribution is -2.58. The van der Waals surface area contributed by atoms with Crippen molar-refractivity contribution >= 4 is 35.6 Å². The number of carboxylic acid groups (broad SMARTS) is 2. The fraction of sp³-hybridized carbons (Fsp3) is 0.846. The van der Waals surface area contributed by atoms with Gasteiger partial charge in [-0.1, -0.05) is 112 Å². The van der Waals surface area contributed by atoms with E-state index in [0.29, 0.717) is 32.2 Å². The Labute approximate surface area is 313 Å². The molecule has 0 saturated heterocycles. The lowest BCUT2D eigenvalue weighted by atomic mass is 10.00. The third-order valence-corrected chi connectivity index (χ3v) is 9.05. The third-order valence-electron chi connectivity index (χ3n) is 9.05. The van der Waals surface area contributed by atoms with Gasteiger partial charge in [0.2, 0.25) is 23.6 Å². The summed E-state index contributed by atoms with van der Waals surface area (Å²) in [5.74, 6) is -4.65. The molecule has 13 nitrogen and oxygen atoms in total. The molecule has 0 aliphatic carbocycles. The van der Waals surface area contributed by atoms with Crippen LogP contribution in [0.25, 0.3) is 0 Å².